The van der Waals surface area contributed by atoms with Crippen molar-refractivity contribution in [1.29, 1.82) is 0 Å². The predicted octanol–water partition coefficient (Wildman–Crippen LogP) is 4.83. The maximum Gasteiger partial charge on any atom is 0.249 e. The molecule has 0 spiro atoms. The van der Waals surface area contributed by atoms with E-state index in [1.54, 1.807) is 40.1 Å². The molecule has 5 rings (SSSR count). The highest BCUT2D eigenvalue weighted by molar-refractivity contribution is 6.01. The Bertz CT molecular complexity index is 1410. The van der Waals surface area contributed by atoms with Crippen molar-refractivity contribution in [3.63, 3.8) is 0 Å². The SMILES string of the molecule is O=C(/C=C/c1cn(-c2ccccc2)nc1-c1cccnc1)Nc1ccnn1Cc1ccccc1. The quantitative estimate of drug-likeness (QED) is 0.363. The van der Waals surface area contributed by atoms with E-state index in [-0.39, 0.29) is 5.91 Å². The molecule has 0 atom stereocenters. The molecule has 0 aliphatic heterocycles. The summed E-state index contributed by atoms with van der Waals surface area (Å²) in [7, 11) is 0. The Labute approximate surface area is 197 Å². The second-order valence-corrected chi connectivity index (χ2v) is 7.64. The van der Waals surface area contributed by atoms with E-state index in [0.29, 0.717) is 12.4 Å². The molecule has 0 unspecified atom stereocenters. The molecule has 0 aliphatic rings. The number of pyridine rings is 1. The van der Waals surface area contributed by atoms with Crippen LogP contribution in [0.15, 0.2) is 110 Å². The molecule has 1 amide bonds. The average molecular weight is 447 g/mol. The van der Waals surface area contributed by atoms with Crippen LogP contribution in [0.25, 0.3) is 23.0 Å². The van der Waals surface area contributed by atoms with Crippen LogP contribution < -0.4 is 5.32 Å². The van der Waals surface area contributed by atoms with Gasteiger partial charge in [-0.1, -0.05) is 48.5 Å². The number of hydrogen-bond acceptors (Lipinski definition) is 4. The summed E-state index contributed by atoms with van der Waals surface area (Å²) in [5.41, 5.74) is 4.46. The molecule has 0 saturated carbocycles. The molecule has 34 heavy (non-hydrogen) atoms. The molecule has 3 aromatic heterocycles. The second-order valence-electron chi connectivity index (χ2n) is 7.64. The van der Waals surface area contributed by atoms with Crippen molar-refractivity contribution < 1.29 is 4.79 Å². The van der Waals surface area contributed by atoms with Gasteiger partial charge in [-0.05, 0) is 35.9 Å². The van der Waals surface area contributed by atoms with E-state index < -0.39 is 0 Å². The number of amides is 1. The number of carbonyl (C=O) groups is 1. The number of para-hydroxylation sites is 1. The van der Waals surface area contributed by atoms with Gasteiger partial charge in [-0.2, -0.15) is 10.2 Å². The molecular weight excluding hydrogens is 424 g/mol. The van der Waals surface area contributed by atoms with Gasteiger partial charge in [-0.15, -0.1) is 0 Å². The zero-order valence-corrected chi connectivity index (χ0v) is 18.3. The highest BCUT2D eigenvalue weighted by Crippen LogP contribution is 2.24. The summed E-state index contributed by atoms with van der Waals surface area (Å²) in [5.74, 6) is 0.380. The zero-order chi connectivity index (χ0) is 23.2. The summed E-state index contributed by atoms with van der Waals surface area (Å²) in [6.45, 7) is 0.572. The average Bonchev–Trinajstić information content (AvgIpc) is 3.51. The minimum Gasteiger partial charge on any atom is -0.307 e. The fourth-order valence-electron chi connectivity index (χ4n) is 3.60. The lowest BCUT2D eigenvalue weighted by molar-refractivity contribution is -0.111. The number of benzene rings is 2. The van der Waals surface area contributed by atoms with Gasteiger partial charge < -0.3 is 5.32 Å². The molecule has 7 nitrogen and oxygen atoms in total. The largest absolute Gasteiger partial charge is 0.307 e. The molecule has 166 valence electrons. The molecule has 7 heteroatoms. The summed E-state index contributed by atoms with van der Waals surface area (Å²) >= 11 is 0. The van der Waals surface area contributed by atoms with E-state index in [1.807, 2.05) is 79.0 Å². The third-order valence-electron chi connectivity index (χ3n) is 5.26. The van der Waals surface area contributed by atoms with E-state index in [1.165, 1.54) is 6.08 Å². The van der Waals surface area contributed by atoms with Gasteiger partial charge in [0.15, 0.2) is 0 Å². The first-order valence-corrected chi connectivity index (χ1v) is 10.9. The monoisotopic (exact) mass is 446 g/mol. The van der Waals surface area contributed by atoms with Crippen LogP contribution in [0.5, 0.6) is 0 Å². The van der Waals surface area contributed by atoms with Crippen molar-refractivity contribution in [1.82, 2.24) is 24.5 Å². The van der Waals surface area contributed by atoms with Gasteiger partial charge in [0.05, 0.1) is 18.4 Å². The molecule has 0 aliphatic carbocycles. The fourth-order valence-corrected chi connectivity index (χ4v) is 3.60. The zero-order valence-electron chi connectivity index (χ0n) is 18.3. The topological polar surface area (TPSA) is 77.6 Å². The first kappa shape index (κ1) is 21.1. The molecule has 3 heterocycles. The highest BCUT2D eigenvalue weighted by Gasteiger charge is 2.12. The van der Waals surface area contributed by atoms with Crippen LogP contribution >= 0.6 is 0 Å². The van der Waals surface area contributed by atoms with Gasteiger partial charge in [0, 0.05) is 41.9 Å². The van der Waals surface area contributed by atoms with Crippen molar-refractivity contribution >= 4 is 17.8 Å². The smallest absolute Gasteiger partial charge is 0.249 e. The highest BCUT2D eigenvalue weighted by atomic mass is 16.1. The lowest BCUT2D eigenvalue weighted by Gasteiger charge is -2.07. The Morgan fingerprint density at radius 2 is 1.71 bits per heavy atom. The van der Waals surface area contributed by atoms with Crippen molar-refractivity contribution in [2.24, 2.45) is 0 Å². The summed E-state index contributed by atoms with van der Waals surface area (Å²) in [4.78, 5) is 16.9. The normalized spacial score (nSPS) is 11.1. The van der Waals surface area contributed by atoms with Crippen molar-refractivity contribution in [2.75, 3.05) is 5.32 Å². The fraction of sp³-hybridized carbons (Fsp3) is 0.0370. The van der Waals surface area contributed by atoms with Gasteiger partial charge in [0.1, 0.15) is 11.5 Å². The minimum absolute atomic E-state index is 0.251. The Hall–Kier alpha value is -4.78. The summed E-state index contributed by atoms with van der Waals surface area (Å²) in [6.07, 6.45) is 10.3. The summed E-state index contributed by atoms with van der Waals surface area (Å²) in [5, 5.41) is 12.0. The van der Waals surface area contributed by atoms with E-state index >= 15 is 0 Å². The Balaban J connectivity index is 1.37. The minimum atomic E-state index is -0.251. The standard InChI is InChI=1S/C27H22N6O/c34-26(30-25-15-17-29-33(25)19-21-8-3-1-4-9-21)14-13-23-20-32(24-11-5-2-6-12-24)31-27(23)22-10-7-16-28-18-22/h1-18,20H,19H2,(H,30,34)/b14-13+. The number of hydrogen-bond donors (Lipinski definition) is 1. The van der Waals surface area contributed by atoms with Gasteiger partial charge in [0.2, 0.25) is 5.91 Å². The number of carbonyl (C=O) groups excluding carboxylic acids is 1. The number of anilines is 1. The predicted molar refractivity (Wildman–Crippen MR) is 132 cm³/mol. The lowest BCUT2D eigenvalue weighted by atomic mass is 10.1. The Morgan fingerprint density at radius 1 is 0.912 bits per heavy atom. The number of nitrogens with zero attached hydrogens (tertiary/aromatic N) is 5. The van der Waals surface area contributed by atoms with Crippen LogP contribution in [0.2, 0.25) is 0 Å². The van der Waals surface area contributed by atoms with Crippen molar-refractivity contribution in [3.05, 3.63) is 121 Å². The summed E-state index contributed by atoms with van der Waals surface area (Å²) in [6, 6.07) is 25.4. The second kappa shape index (κ2) is 9.79. The first-order chi connectivity index (χ1) is 16.8. The van der Waals surface area contributed by atoms with E-state index in [0.717, 1.165) is 28.1 Å². The van der Waals surface area contributed by atoms with Crippen LogP contribution in [-0.4, -0.2) is 30.5 Å². The van der Waals surface area contributed by atoms with Gasteiger partial charge in [-0.25, -0.2) is 9.36 Å². The molecule has 0 bridgehead atoms. The van der Waals surface area contributed by atoms with Crippen LogP contribution in [0.1, 0.15) is 11.1 Å². The maximum atomic E-state index is 12.7. The Morgan fingerprint density at radius 3 is 2.47 bits per heavy atom. The van der Waals surface area contributed by atoms with Crippen LogP contribution in [0, 0.1) is 0 Å². The van der Waals surface area contributed by atoms with Crippen LogP contribution in [0.3, 0.4) is 0 Å². The van der Waals surface area contributed by atoms with E-state index in [9.17, 15) is 4.79 Å². The van der Waals surface area contributed by atoms with Crippen LogP contribution in [0.4, 0.5) is 5.82 Å². The van der Waals surface area contributed by atoms with Crippen LogP contribution in [-0.2, 0) is 11.3 Å². The molecule has 1 N–H and O–H groups in total. The van der Waals surface area contributed by atoms with Crippen molar-refractivity contribution in [3.8, 4) is 16.9 Å². The van der Waals surface area contributed by atoms with Gasteiger partial charge in [-0.3, -0.25) is 9.78 Å². The number of nitrogens with one attached hydrogen (secondary N) is 1. The summed E-state index contributed by atoms with van der Waals surface area (Å²) < 4.78 is 3.56. The van der Waals surface area contributed by atoms with E-state index in [2.05, 4.69) is 15.4 Å². The molecule has 0 radical (unpaired) electrons. The molecule has 5 aromatic rings. The molecule has 2 aromatic carbocycles. The number of aromatic nitrogens is 5. The van der Waals surface area contributed by atoms with E-state index in [4.69, 9.17) is 5.10 Å². The number of rotatable bonds is 7. The van der Waals surface area contributed by atoms with Crippen molar-refractivity contribution in [2.45, 2.75) is 6.54 Å². The van der Waals surface area contributed by atoms with Gasteiger partial charge >= 0.3 is 0 Å². The first-order valence-electron chi connectivity index (χ1n) is 10.9. The Kier molecular flexibility index (Phi) is 6.07. The maximum absolute atomic E-state index is 12.7. The lowest BCUT2D eigenvalue weighted by Crippen LogP contribution is -2.13. The molecule has 0 saturated heterocycles. The van der Waals surface area contributed by atoms with Gasteiger partial charge in [0.25, 0.3) is 0 Å². The third-order valence-corrected chi connectivity index (χ3v) is 5.26. The molecular formula is C27H22N6O. The molecule has 0 fully saturated rings. The third kappa shape index (κ3) is 4.83.